The first-order valence-corrected chi connectivity index (χ1v) is 5.59. The summed E-state index contributed by atoms with van der Waals surface area (Å²) < 4.78 is 26.5. The average molecular weight is 271 g/mol. The summed E-state index contributed by atoms with van der Waals surface area (Å²) in [6, 6.07) is 3.14. The van der Waals surface area contributed by atoms with E-state index in [4.69, 9.17) is 0 Å². The molecule has 0 atom stereocenters. The molecular weight excluding hydrogens is 256 g/mol. The topological polar surface area (TPSA) is 61.4 Å². The van der Waals surface area contributed by atoms with Gasteiger partial charge in [-0.3, -0.25) is 9.59 Å². The Bertz CT molecular complexity index is 458. The molecule has 104 valence electrons. The number of nitrogens with one attached hydrogen (secondary N) is 2. The Kier molecular flexibility index (Phi) is 5.37. The summed E-state index contributed by atoms with van der Waals surface area (Å²) >= 11 is 0. The molecule has 0 aliphatic heterocycles. The molecule has 2 N–H and O–H groups in total. The first kappa shape index (κ1) is 15.0. The number of rotatable bonds is 4. The Morgan fingerprint density at radius 3 is 2.26 bits per heavy atom. The second kappa shape index (κ2) is 6.79. The van der Waals surface area contributed by atoms with E-state index in [-0.39, 0.29) is 6.54 Å². The summed E-state index contributed by atoms with van der Waals surface area (Å²) in [6.07, 6.45) is 0. The molecule has 1 rings (SSSR count). The van der Waals surface area contributed by atoms with E-state index in [1.165, 1.54) is 0 Å². The SMILES string of the molecule is CN(C)CCNC(=O)C(=O)Nc1c(F)cccc1F. The van der Waals surface area contributed by atoms with Gasteiger partial charge in [0.2, 0.25) is 0 Å². The monoisotopic (exact) mass is 271 g/mol. The van der Waals surface area contributed by atoms with Crippen LogP contribution >= 0.6 is 0 Å². The lowest BCUT2D eigenvalue weighted by Crippen LogP contribution is -2.39. The summed E-state index contributed by atoms with van der Waals surface area (Å²) in [5.74, 6) is -3.92. The zero-order chi connectivity index (χ0) is 14.4. The van der Waals surface area contributed by atoms with Gasteiger partial charge < -0.3 is 15.5 Å². The van der Waals surface area contributed by atoms with Crippen LogP contribution in [0.15, 0.2) is 18.2 Å². The highest BCUT2D eigenvalue weighted by Gasteiger charge is 2.17. The van der Waals surface area contributed by atoms with E-state index >= 15 is 0 Å². The predicted octanol–water partition coefficient (Wildman–Crippen LogP) is 0.581. The third-order valence-corrected chi connectivity index (χ3v) is 2.25. The van der Waals surface area contributed by atoms with Crippen molar-refractivity contribution in [3.05, 3.63) is 29.8 Å². The highest BCUT2D eigenvalue weighted by atomic mass is 19.1. The largest absolute Gasteiger partial charge is 0.347 e. The molecule has 1 aromatic rings. The molecule has 7 heteroatoms. The van der Waals surface area contributed by atoms with E-state index in [0.717, 1.165) is 18.2 Å². The van der Waals surface area contributed by atoms with Gasteiger partial charge in [0.05, 0.1) is 0 Å². The third kappa shape index (κ3) is 4.63. The molecule has 0 spiro atoms. The van der Waals surface area contributed by atoms with Crippen LogP contribution in [0.4, 0.5) is 14.5 Å². The third-order valence-electron chi connectivity index (χ3n) is 2.25. The molecular formula is C12H15F2N3O2. The van der Waals surface area contributed by atoms with Crippen molar-refractivity contribution in [2.24, 2.45) is 0 Å². The number of carbonyl (C=O) groups is 2. The van der Waals surface area contributed by atoms with Crippen LogP contribution in [0.5, 0.6) is 0 Å². The van der Waals surface area contributed by atoms with E-state index in [9.17, 15) is 18.4 Å². The van der Waals surface area contributed by atoms with Crippen molar-refractivity contribution in [1.29, 1.82) is 0 Å². The van der Waals surface area contributed by atoms with Crippen LogP contribution in [-0.4, -0.2) is 43.9 Å². The van der Waals surface area contributed by atoms with Crippen molar-refractivity contribution in [3.63, 3.8) is 0 Å². The summed E-state index contributed by atoms with van der Waals surface area (Å²) in [6.45, 7) is 0.812. The number of benzene rings is 1. The maximum atomic E-state index is 13.2. The van der Waals surface area contributed by atoms with Gasteiger partial charge in [-0.25, -0.2) is 8.78 Å². The molecule has 0 saturated carbocycles. The number of likely N-dealkylation sites (N-methyl/N-ethyl adjacent to an activating group) is 1. The first-order chi connectivity index (χ1) is 8.91. The number of anilines is 1. The van der Waals surface area contributed by atoms with Crippen LogP contribution in [0.3, 0.4) is 0 Å². The van der Waals surface area contributed by atoms with Gasteiger partial charge in [0.15, 0.2) is 0 Å². The zero-order valence-electron chi connectivity index (χ0n) is 10.7. The molecule has 0 aliphatic rings. The lowest BCUT2D eigenvalue weighted by atomic mass is 10.3. The minimum atomic E-state index is -1.11. The second-order valence-electron chi connectivity index (χ2n) is 4.11. The van der Waals surface area contributed by atoms with E-state index in [1.54, 1.807) is 14.1 Å². The quantitative estimate of drug-likeness (QED) is 0.788. The first-order valence-electron chi connectivity index (χ1n) is 5.59. The molecule has 0 saturated heterocycles. The van der Waals surface area contributed by atoms with Crippen LogP contribution in [-0.2, 0) is 9.59 Å². The van der Waals surface area contributed by atoms with Crippen molar-refractivity contribution in [1.82, 2.24) is 10.2 Å². The van der Waals surface area contributed by atoms with Gasteiger partial charge in [0.1, 0.15) is 17.3 Å². The number of para-hydroxylation sites is 1. The normalized spacial score (nSPS) is 10.4. The predicted molar refractivity (Wildman–Crippen MR) is 66.6 cm³/mol. The lowest BCUT2D eigenvalue weighted by molar-refractivity contribution is -0.136. The van der Waals surface area contributed by atoms with Crippen LogP contribution < -0.4 is 10.6 Å². The Morgan fingerprint density at radius 2 is 1.74 bits per heavy atom. The smallest absolute Gasteiger partial charge is 0.313 e. The molecule has 0 aliphatic carbocycles. The van der Waals surface area contributed by atoms with Gasteiger partial charge in [-0.2, -0.15) is 0 Å². The van der Waals surface area contributed by atoms with E-state index in [0.29, 0.717) is 6.54 Å². The molecule has 5 nitrogen and oxygen atoms in total. The molecule has 19 heavy (non-hydrogen) atoms. The highest BCUT2D eigenvalue weighted by Crippen LogP contribution is 2.17. The standard InChI is InChI=1S/C12H15F2N3O2/c1-17(2)7-6-15-11(18)12(19)16-10-8(13)4-3-5-9(10)14/h3-5H,6-7H2,1-2H3,(H,15,18)(H,16,19). The Labute approximate surface area is 109 Å². The molecule has 0 radical (unpaired) electrons. The van der Waals surface area contributed by atoms with Crippen molar-refractivity contribution in [2.45, 2.75) is 0 Å². The fourth-order valence-electron chi connectivity index (χ4n) is 1.26. The summed E-state index contributed by atoms with van der Waals surface area (Å²) in [4.78, 5) is 24.6. The summed E-state index contributed by atoms with van der Waals surface area (Å²) in [5.41, 5.74) is -0.629. The summed E-state index contributed by atoms with van der Waals surface area (Å²) in [5, 5.41) is 4.24. The molecule has 2 amide bonds. The zero-order valence-corrected chi connectivity index (χ0v) is 10.7. The number of hydrogen-bond acceptors (Lipinski definition) is 3. The Morgan fingerprint density at radius 1 is 1.16 bits per heavy atom. The molecule has 0 fully saturated rings. The highest BCUT2D eigenvalue weighted by molar-refractivity contribution is 6.39. The maximum absolute atomic E-state index is 13.2. The fourth-order valence-corrected chi connectivity index (χ4v) is 1.26. The van der Waals surface area contributed by atoms with E-state index in [2.05, 4.69) is 5.32 Å². The van der Waals surface area contributed by atoms with Gasteiger partial charge in [-0.1, -0.05) is 6.07 Å². The Hall–Kier alpha value is -2.02. The fraction of sp³-hybridized carbons (Fsp3) is 0.333. The van der Waals surface area contributed by atoms with Crippen LogP contribution in [0.1, 0.15) is 0 Å². The molecule has 0 aromatic heterocycles. The van der Waals surface area contributed by atoms with Crippen molar-refractivity contribution < 1.29 is 18.4 Å². The van der Waals surface area contributed by atoms with Crippen LogP contribution in [0.25, 0.3) is 0 Å². The lowest BCUT2D eigenvalue weighted by Gasteiger charge is -2.10. The van der Waals surface area contributed by atoms with Gasteiger partial charge in [0, 0.05) is 13.1 Å². The molecule has 0 unspecified atom stereocenters. The van der Waals surface area contributed by atoms with Gasteiger partial charge >= 0.3 is 11.8 Å². The second-order valence-corrected chi connectivity index (χ2v) is 4.11. The minimum absolute atomic E-state index is 0.263. The van der Waals surface area contributed by atoms with Crippen molar-refractivity contribution in [3.8, 4) is 0 Å². The van der Waals surface area contributed by atoms with Gasteiger partial charge in [-0.05, 0) is 26.2 Å². The molecule has 0 bridgehead atoms. The number of nitrogens with zero attached hydrogens (tertiary/aromatic N) is 1. The van der Waals surface area contributed by atoms with Gasteiger partial charge in [-0.15, -0.1) is 0 Å². The molecule has 0 heterocycles. The van der Waals surface area contributed by atoms with Crippen LogP contribution in [0.2, 0.25) is 0 Å². The minimum Gasteiger partial charge on any atom is -0.347 e. The number of amides is 2. The number of hydrogen-bond donors (Lipinski definition) is 2. The number of carbonyl (C=O) groups excluding carboxylic acids is 2. The van der Waals surface area contributed by atoms with Crippen molar-refractivity contribution in [2.75, 3.05) is 32.5 Å². The van der Waals surface area contributed by atoms with Crippen LogP contribution in [0, 0.1) is 11.6 Å². The van der Waals surface area contributed by atoms with E-state index in [1.807, 2.05) is 10.2 Å². The van der Waals surface area contributed by atoms with E-state index < -0.39 is 29.1 Å². The number of halogens is 2. The Balaban J connectivity index is 2.57. The maximum Gasteiger partial charge on any atom is 0.313 e. The van der Waals surface area contributed by atoms with Crippen molar-refractivity contribution >= 4 is 17.5 Å². The average Bonchev–Trinajstić information content (AvgIpc) is 2.33. The van der Waals surface area contributed by atoms with Gasteiger partial charge in [0.25, 0.3) is 0 Å². The molecule has 1 aromatic carbocycles. The summed E-state index contributed by atoms with van der Waals surface area (Å²) in [7, 11) is 3.61.